The van der Waals surface area contributed by atoms with E-state index in [4.69, 9.17) is 5.73 Å². The molecule has 1 heterocycles. The Hall–Kier alpha value is -1.39. The van der Waals surface area contributed by atoms with Crippen LogP contribution in [0.1, 0.15) is 37.8 Å². The first-order valence-corrected chi connectivity index (χ1v) is 7.80. The monoisotopic (exact) mass is 287 g/mol. The van der Waals surface area contributed by atoms with Crippen LogP contribution in [0.4, 0.5) is 0 Å². The van der Waals surface area contributed by atoms with Gasteiger partial charge in [-0.2, -0.15) is 0 Å². The predicted octanol–water partition coefficient (Wildman–Crippen LogP) is 1.43. The summed E-state index contributed by atoms with van der Waals surface area (Å²) in [5, 5.41) is 3.04. The second kappa shape index (κ2) is 5.11. The van der Waals surface area contributed by atoms with Gasteiger partial charge in [0.25, 0.3) is 0 Å². The first-order chi connectivity index (χ1) is 9.91. The van der Waals surface area contributed by atoms with Gasteiger partial charge in [-0.05, 0) is 44.2 Å². The number of fused-ring (bicyclic) bond motifs is 1. The third-order valence-electron chi connectivity index (χ3n) is 4.91. The third-order valence-corrected chi connectivity index (χ3v) is 4.91. The Morgan fingerprint density at radius 3 is 2.67 bits per heavy atom. The topological polar surface area (TPSA) is 58.4 Å². The van der Waals surface area contributed by atoms with E-state index in [0.29, 0.717) is 6.54 Å². The van der Waals surface area contributed by atoms with Crippen molar-refractivity contribution in [3.63, 3.8) is 0 Å². The lowest BCUT2D eigenvalue weighted by Gasteiger charge is -2.41. The zero-order valence-electron chi connectivity index (χ0n) is 13.0. The second-order valence-corrected chi connectivity index (χ2v) is 7.09. The highest BCUT2D eigenvalue weighted by molar-refractivity contribution is 5.89. The van der Waals surface area contributed by atoms with Crippen molar-refractivity contribution in [2.75, 3.05) is 13.1 Å². The number of nitrogens with zero attached hydrogens (tertiary/aromatic N) is 1. The molecule has 1 aromatic carbocycles. The van der Waals surface area contributed by atoms with Crippen LogP contribution in [0.25, 0.3) is 0 Å². The van der Waals surface area contributed by atoms with Crippen LogP contribution in [0.2, 0.25) is 0 Å². The van der Waals surface area contributed by atoms with Gasteiger partial charge < -0.3 is 11.1 Å². The molecule has 0 aromatic heterocycles. The van der Waals surface area contributed by atoms with Crippen LogP contribution in [0.5, 0.6) is 0 Å². The lowest BCUT2D eigenvalue weighted by molar-refractivity contribution is -0.123. The van der Waals surface area contributed by atoms with Crippen molar-refractivity contribution in [3.8, 4) is 0 Å². The fraction of sp³-hybridized carbons (Fsp3) is 0.588. The van der Waals surface area contributed by atoms with Gasteiger partial charge in [0.15, 0.2) is 0 Å². The minimum atomic E-state index is -0.579. The fourth-order valence-electron chi connectivity index (χ4n) is 2.96. The van der Waals surface area contributed by atoms with Gasteiger partial charge >= 0.3 is 0 Å². The molecule has 1 fully saturated rings. The first kappa shape index (κ1) is 14.5. The highest BCUT2D eigenvalue weighted by Crippen LogP contribution is 2.32. The van der Waals surface area contributed by atoms with E-state index >= 15 is 0 Å². The van der Waals surface area contributed by atoms with Crippen LogP contribution in [-0.2, 0) is 17.8 Å². The van der Waals surface area contributed by atoms with E-state index in [1.807, 2.05) is 0 Å². The van der Waals surface area contributed by atoms with Gasteiger partial charge in [-0.25, -0.2) is 0 Å². The summed E-state index contributed by atoms with van der Waals surface area (Å²) in [6, 6.07) is 8.63. The summed E-state index contributed by atoms with van der Waals surface area (Å²) >= 11 is 0. The molecule has 0 unspecified atom stereocenters. The van der Waals surface area contributed by atoms with Crippen molar-refractivity contribution in [2.45, 2.75) is 50.7 Å². The molecule has 2 aliphatic rings. The number of amides is 1. The lowest BCUT2D eigenvalue weighted by atomic mass is 9.94. The van der Waals surface area contributed by atoms with E-state index < -0.39 is 5.54 Å². The number of benzene rings is 1. The summed E-state index contributed by atoms with van der Waals surface area (Å²) in [4.78, 5) is 14.5. The Bertz CT molecular complexity index is 549. The molecule has 114 valence electrons. The van der Waals surface area contributed by atoms with Crippen LogP contribution in [-0.4, -0.2) is 35.0 Å². The van der Waals surface area contributed by atoms with Gasteiger partial charge in [0.1, 0.15) is 0 Å². The lowest BCUT2D eigenvalue weighted by Crippen LogP contribution is -2.55. The van der Waals surface area contributed by atoms with Gasteiger partial charge in [-0.1, -0.05) is 24.3 Å². The van der Waals surface area contributed by atoms with Gasteiger partial charge in [-0.15, -0.1) is 0 Å². The minimum Gasteiger partial charge on any atom is -0.353 e. The number of hydrogen-bond donors (Lipinski definition) is 2. The van der Waals surface area contributed by atoms with Crippen LogP contribution in [0, 0.1) is 0 Å². The number of carbonyl (C=O) groups is 1. The van der Waals surface area contributed by atoms with Crippen LogP contribution in [0.3, 0.4) is 0 Å². The highest BCUT2D eigenvalue weighted by atomic mass is 16.2. The van der Waals surface area contributed by atoms with E-state index in [1.165, 1.54) is 11.1 Å². The third kappa shape index (κ3) is 2.97. The van der Waals surface area contributed by atoms with Gasteiger partial charge in [0, 0.05) is 25.2 Å². The molecule has 1 saturated carbocycles. The zero-order valence-corrected chi connectivity index (χ0v) is 13.0. The maximum atomic E-state index is 12.0. The quantitative estimate of drug-likeness (QED) is 0.881. The summed E-state index contributed by atoms with van der Waals surface area (Å²) in [6.45, 7) is 7.02. The molecule has 3 N–H and O–H groups in total. The van der Waals surface area contributed by atoms with Crippen molar-refractivity contribution in [2.24, 2.45) is 5.73 Å². The Labute approximate surface area is 126 Å². The summed E-state index contributed by atoms with van der Waals surface area (Å²) in [6.07, 6.45) is 2.71. The maximum Gasteiger partial charge on any atom is 0.240 e. The Morgan fingerprint density at radius 2 is 2.00 bits per heavy atom. The zero-order chi connectivity index (χ0) is 15.1. The number of nitrogens with one attached hydrogen (secondary N) is 1. The summed E-state index contributed by atoms with van der Waals surface area (Å²) < 4.78 is 0. The molecule has 1 aliphatic heterocycles. The van der Waals surface area contributed by atoms with Crippen molar-refractivity contribution in [3.05, 3.63) is 35.4 Å². The van der Waals surface area contributed by atoms with E-state index in [9.17, 15) is 4.79 Å². The van der Waals surface area contributed by atoms with Crippen LogP contribution in [0.15, 0.2) is 24.3 Å². The summed E-state index contributed by atoms with van der Waals surface area (Å²) in [5.74, 6) is 0.00739. The SMILES string of the molecule is CC(C)(CNC(=O)C1(N)CC1)N1CCc2ccccc2C1. The van der Waals surface area contributed by atoms with E-state index in [1.54, 1.807) is 0 Å². The molecule has 1 aromatic rings. The molecule has 21 heavy (non-hydrogen) atoms. The number of rotatable bonds is 4. The number of nitrogens with two attached hydrogens (primary N) is 1. The van der Waals surface area contributed by atoms with Crippen molar-refractivity contribution in [1.29, 1.82) is 0 Å². The second-order valence-electron chi connectivity index (χ2n) is 7.09. The molecule has 4 nitrogen and oxygen atoms in total. The van der Waals surface area contributed by atoms with Gasteiger partial charge in [0.2, 0.25) is 5.91 Å². The van der Waals surface area contributed by atoms with Crippen LogP contribution >= 0.6 is 0 Å². The summed E-state index contributed by atoms with van der Waals surface area (Å²) in [5.41, 5.74) is 8.15. The molecule has 0 bridgehead atoms. The van der Waals surface area contributed by atoms with Crippen molar-refractivity contribution in [1.82, 2.24) is 10.2 Å². The molecule has 0 saturated heterocycles. The molecule has 0 atom stereocenters. The highest BCUT2D eigenvalue weighted by Gasteiger charge is 2.46. The normalized spacial score (nSPS) is 20.7. The van der Waals surface area contributed by atoms with Crippen molar-refractivity contribution < 1.29 is 4.79 Å². The maximum absolute atomic E-state index is 12.0. The molecule has 4 heteroatoms. The molecule has 1 aliphatic carbocycles. The molecule has 1 amide bonds. The molecular weight excluding hydrogens is 262 g/mol. The van der Waals surface area contributed by atoms with E-state index in [-0.39, 0.29) is 11.4 Å². The predicted molar refractivity (Wildman–Crippen MR) is 83.8 cm³/mol. The molecule has 3 rings (SSSR count). The van der Waals surface area contributed by atoms with E-state index in [0.717, 1.165) is 32.4 Å². The van der Waals surface area contributed by atoms with E-state index in [2.05, 4.69) is 48.3 Å². The Balaban J connectivity index is 1.61. The average Bonchev–Trinajstić information content (AvgIpc) is 3.23. The van der Waals surface area contributed by atoms with Crippen LogP contribution < -0.4 is 11.1 Å². The van der Waals surface area contributed by atoms with Gasteiger partial charge in [0.05, 0.1) is 5.54 Å². The van der Waals surface area contributed by atoms with Gasteiger partial charge in [-0.3, -0.25) is 9.69 Å². The van der Waals surface area contributed by atoms with Crippen molar-refractivity contribution >= 4 is 5.91 Å². The molecule has 0 radical (unpaired) electrons. The molecule has 0 spiro atoms. The average molecular weight is 287 g/mol. The minimum absolute atomic E-state index is 0.00739. The first-order valence-electron chi connectivity index (χ1n) is 7.80. The molecular formula is C17H25N3O. The standard InChI is InChI=1S/C17H25N3O/c1-16(2,12-19-15(21)17(18)8-9-17)20-10-7-13-5-3-4-6-14(13)11-20/h3-6H,7-12,18H2,1-2H3,(H,19,21). The largest absolute Gasteiger partial charge is 0.353 e. The number of carbonyl (C=O) groups excluding carboxylic acids is 1. The Morgan fingerprint density at radius 1 is 1.33 bits per heavy atom. The Kier molecular flexibility index (Phi) is 3.54. The summed E-state index contributed by atoms with van der Waals surface area (Å²) in [7, 11) is 0. The smallest absolute Gasteiger partial charge is 0.240 e. The fourth-order valence-corrected chi connectivity index (χ4v) is 2.96. The number of hydrogen-bond acceptors (Lipinski definition) is 3.